The average molecular weight is 225 g/mol. The molecule has 0 aliphatic heterocycles. The molecule has 1 amide bonds. The largest absolute Gasteiger partial charge is 0.358 e. The Morgan fingerprint density at radius 1 is 1.44 bits per heavy atom. The maximum atomic E-state index is 12.9. The number of halogens is 1. The quantitative estimate of drug-likeness (QED) is 0.762. The van der Waals surface area contributed by atoms with E-state index in [1.165, 1.54) is 6.07 Å². The van der Waals surface area contributed by atoms with Crippen LogP contribution in [0.4, 0.5) is 10.2 Å². The van der Waals surface area contributed by atoms with Crippen LogP contribution in [-0.4, -0.2) is 24.0 Å². The van der Waals surface area contributed by atoms with Crippen molar-refractivity contribution < 1.29 is 9.18 Å². The highest BCUT2D eigenvalue weighted by Crippen LogP contribution is 2.10. The first-order valence-corrected chi connectivity index (χ1v) is 5.15. The molecule has 0 aliphatic rings. The van der Waals surface area contributed by atoms with Gasteiger partial charge < -0.3 is 10.6 Å². The number of amides is 1. The molecule has 1 heterocycles. The summed E-state index contributed by atoms with van der Waals surface area (Å²) < 4.78 is 12.9. The van der Waals surface area contributed by atoms with E-state index >= 15 is 0 Å². The molecule has 5 heteroatoms. The molecule has 0 bridgehead atoms. The summed E-state index contributed by atoms with van der Waals surface area (Å²) in [7, 11) is 1.57. The fourth-order valence-corrected chi connectivity index (χ4v) is 1.34. The van der Waals surface area contributed by atoms with Gasteiger partial charge in [-0.15, -0.1) is 0 Å². The van der Waals surface area contributed by atoms with Crippen molar-refractivity contribution in [3.8, 4) is 0 Å². The van der Waals surface area contributed by atoms with Gasteiger partial charge in [-0.3, -0.25) is 4.79 Å². The smallest absolute Gasteiger partial charge is 0.242 e. The van der Waals surface area contributed by atoms with E-state index in [1.54, 1.807) is 19.2 Å². The van der Waals surface area contributed by atoms with Crippen LogP contribution in [0.3, 0.4) is 0 Å². The minimum atomic E-state index is -0.565. The van der Waals surface area contributed by atoms with Gasteiger partial charge in [-0.25, -0.2) is 4.98 Å². The Balaban J connectivity index is 2.79. The molecule has 1 rings (SSSR count). The van der Waals surface area contributed by atoms with Crippen molar-refractivity contribution in [2.24, 2.45) is 5.92 Å². The van der Waals surface area contributed by atoms with Gasteiger partial charge in [0.1, 0.15) is 11.9 Å². The van der Waals surface area contributed by atoms with E-state index in [-0.39, 0.29) is 11.8 Å². The second kappa shape index (κ2) is 5.44. The first-order valence-electron chi connectivity index (χ1n) is 5.15. The molecule has 1 atom stereocenters. The standard InChI is InChI=1S/C11H16FN3O/c1-7(2)10(11(16)13-3)15-9-6-4-5-8(12)14-9/h4-7,10H,1-3H3,(H,13,16)(H,14,15). The molecule has 0 aliphatic carbocycles. The van der Waals surface area contributed by atoms with Crippen molar-refractivity contribution in [3.05, 3.63) is 24.1 Å². The van der Waals surface area contributed by atoms with Gasteiger partial charge in [0.25, 0.3) is 0 Å². The van der Waals surface area contributed by atoms with Crippen LogP contribution in [0.2, 0.25) is 0 Å². The molecule has 4 nitrogen and oxygen atoms in total. The molecule has 0 aromatic carbocycles. The topological polar surface area (TPSA) is 54.0 Å². The molecule has 0 saturated heterocycles. The van der Waals surface area contributed by atoms with Gasteiger partial charge in [0.2, 0.25) is 11.9 Å². The van der Waals surface area contributed by atoms with Crippen LogP contribution in [-0.2, 0) is 4.79 Å². The number of anilines is 1. The Morgan fingerprint density at radius 2 is 2.12 bits per heavy atom. The van der Waals surface area contributed by atoms with E-state index in [4.69, 9.17) is 0 Å². The normalized spacial score (nSPS) is 12.3. The number of hydrogen-bond acceptors (Lipinski definition) is 3. The maximum absolute atomic E-state index is 12.9. The molecular formula is C11H16FN3O. The minimum Gasteiger partial charge on any atom is -0.358 e. The number of nitrogens with zero attached hydrogens (tertiary/aromatic N) is 1. The zero-order chi connectivity index (χ0) is 12.1. The summed E-state index contributed by atoms with van der Waals surface area (Å²) in [5.74, 6) is -0.252. The van der Waals surface area contributed by atoms with Gasteiger partial charge in [0, 0.05) is 7.05 Å². The molecule has 0 radical (unpaired) electrons. The second-order valence-electron chi connectivity index (χ2n) is 3.83. The highest BCUT2D eigenvalue weighted by Gasteiger charge is 2.21. The summed E-state index contributed by atoms with van der Waals surface area (Å²) in [6.07, 6.45) is 0. The summed E-state index contributed by atoms with van der Waals surface area (Å²) in [5, 5.41) is 5.47. The number of aromatic nitrogens is 1. The Bertz CT molecular complexity index is 368. The number of likely N-dealkylation sites (N-methyl/N-ethyl adjacent to an activating group) is 1. The molecule has 0 saturated carbocycles. The molecule has 0 fully saturated rings. The lowest BCUT2D eigenvalue weighted by molar-refractivity contribution is -0.122. The van der Waals surface area contributed by atoms with Crippen LogP contribution >= 0.6 is 0 Å². The van der Waals surface area contributed by atoms with Gasteiger partial charge >= 0.3 is 0 Å². The van der Waals surface area contributed by atoms with Crippen molar-refractivity contribution in [2.75, 3.05) is 12.4 Å². The molecule has 1 unspecified atom stereocenters. The van der Waals surface area contributed by atoms with Crippen molar-refractivity contribution >= 4 is 11.7 Å². The predicted molar refractivity (Wildman–Crippen MR) is 60.5 cm³/mol. The summed E-state index contributed by atoms with van der Waals surface area (Å²) in [6.45, 7) is 3.82. The van der Waals surface area contributed by atoms with E-state index in [0.29, 0.717) is 5.82 Å². The molecular weight excluding hydrogens is 209 g/mol. The zero-order valence-electron chi connectivity index (χ0n) is 9.62. The molecule has 88 valence electrons. The van der Waals surface area contributed by atoms with Crippen LogP contribution in [0.1, 0.15) is 13.8 Å². The van der Waals surface area contributed by atoms with Crippen LogP contribution in [0.25, 0.3) is 0 Å². The van der Waals surface area contributed by atoms with Crippen molar-refractivity contribution in [3.63, 3.8) is 0 Å². The van der Waals surface area contributed by atoms with Crippen molar-refractivity contribution in [1.82, 2.24) is 10.3 Å². The first kappa shape index (κ1) is 12.4. The van der Waals surface area contributed by atoms with E-state index < -0.39 is 12.0 Å². The molecule has 2 N–H and O–H groups in total. The molecule has 1 aromatic heterocycles. The van der Waals surface area contributed by atoms with Gasteiger partial charge in [-0.05, 0) is 18.1 Å². The van der Waals surface area contributed by atoms with E-state index in [0.717, 1.165) is 0 Å². The van der Waals surface area contributed by atoms with Crippen LogP contribution in [0.5, 0.6) is 0 Å². The monoisotopic (exact) mass is 225 g/mol. The van der Waals surface area contributed by atoms with Crippen molar-refractivity contribution in [1.29, 1.82) is 0 Å². The number of nitrogens with one attached hydrogen (secondary N) is 2. The minimum absolute atomic E-state index is 0.0880. The Morgan fingerprint density at radius 3 is 2.62 bits per heavy atom. The molecule has 16 heavy (non-hydrogen) atoms. The lowest BCUT2D eigenvalue weighted by atomic mass is 10.0. The fraction of sp³-hybridized carbons (Fsp3) is 0.455. The summed E-state index contributed by atoms with van der Waals surface area (Å²) in [4.78, 5) is 15.2. The van der Waals surface area contributed by atoms with Gasteiger partial charge in [0.05, 0.1) is 0 Å². The van der Waals surface area contributed by atoms with Crippen LogP contribution in [0, 0.1) is 11.9 Å². The number of carbonyl (C=O) groups excluding carboxylic acids is 1. The number of carbonyl (C=O) groups is 1. The maximum Gasteiger partial charge on any atom is 0.242 e. The van der Waals surface area contributed by atoms with Gasteiger partial charge in [-0.1, -0.05) is 19.9 Å². The Hall–Kier alpha value is -1.65. The lowest BCUT2D eigenvalue weighted by Crippen LogP contribution is -2.41. The van der Waals surface area contributed by atoms with Crippen LogP contribution in [0.15, 0.2) is 18.2 Å². The zero-order valence-corrected chi connectivity index (χ0v) is 9.62. The predicted octanol–water partition coefficient (Wildman–Crippen LogP) is 1.40. The fourth-order valence-electron chi connectivity index (χ4n) is 1.34. The summed E-state index contributed by atoms with van der Waals surface area (Å²) >= 11 is 0. The molecule has 1 aromatic rings. The first-order chi connectivity index (χ1) is 7.54. The summed E-state index contributed by atoms with van der Waals surface area (Å²) in [6, 6.07) is 4.02. The second-order valence-corrected chi connectivity index (χ2v) is 3.83. The third kappa shape index (κ3) is 3.18. The van der Waals surface area contributed by atoms with Gasteiger partial charge in [-0.2, -0.15) is 4.39 Å². The van der Waals surface area contributed by atoms with Crippen LogP contribution < -0.4 is 10.6 Å². The Kier molecular flexibility index (Phi) is 4.22. The average Bonchev–Trinajstić information content (AvgIpc) is 2.24. The van der Waals surface area contributed by atoms with E-state index in [1.807, 2.05) is 13.8 Å². The summed E-state index contributed by atoms with van der Waals surface area (Å²) in [5.41, 5.74) is 0. The number of hydrogen-bond donors (Lipinski definition) is 2. The SMILES string of the molecule is CNC(=O)C(Nc1cccc(F)n1)C(C)C. The third-order valence-electron chi connectivity index (χ3n) is 2.21. The number of rotatable bonds is 4. The van der Waals surface area contributed by atoms with E-state index in [9.17, 15) is 9.18 Å². The van der Waals surface area contributed by atoms with Crippen molar-refractivity contribution in [2.45, 2.75) is 19.9 Å². The van der Waals surface area contributed by atoms with E-state index in [2.05, 4.69) is 15.6 Å². The molecule has 0 spiro atoms. The Labute approximate surface area is 94.3 Å². The highest BCUT2D eigenvalue weighted by molar-refractivity contribution is 5.84. The lowest BCUT2D eigenvalue weighted by Gasteiger charge is -2.21. The third-order valence-corrected chi connectivity index (χ3v) is 2.21. The van der Waals surface area contributed by atoms with Gasteiger partial charge in [0.15, 0.2) is 0 Å². The number of pyridine rings is 1. The highest BCUT2D eigenvalue weighted by atomic mass is 19.1.